The normalized spacial score (nSPS) is 14.7. The molecule has 1 fully saturated rings. The third kappa shape index (κ3) is 2.22. The van der Waals surface area contributed by atoms with Crippen LogP contribution in [0.4, 0.5) is 0 Å². The van der Waals surface area contributed by atoms with Gasteiger partial charge in [-0.15, -0.1) is 0 Å². The van der Waals surface area contributed by atoms with Crippen molar-refractivity contribution < 1.29 is 9.59 Å². The van der Waals surface area contributed by atoms with Gasteiger partial charge in [0, 0.05) is 11.9 Å². The Morgan fingerprint density at radius 2 is 1.94 bits per heavy atom. The first-order valence-electron chi connectivity index (χ1n) is 4.73. The number of aromatic nitrogens is 1. The van der Waals surface area contributed by atoms with E-state index in [0.29, 0.717) is 6.54 Å². The molecule has 6 nitrogen and oxygen atoms in total. The van der Waals surface area contributed by atoms with Gasteiger partial charge in [-0.3, -0.25) is 25.2 Å². The lowest BCUT2D eigenvalue weighted by Gasteiger charge is -1.98. The molecule has 16 heavy (non-hydrogen) atoms. The predicted molar refractivity (Wildman–Crippen MR) is 56.4 cm³/mol. The van der Waals surface area contributed by atoms with Gasteiger partial charge in [-0.05, 0) is 18.6 Å². The smallest absolute Gasteiger partial charge is 0.288 e. The summed E-state index contributed by atoms with van der Waals surface area (Å²) in [6, 6.07) is 3.77. The standard InChI is InChI=1S/C10H10N4O2/c1-6-2-3-7(4-11-6)5-12-10-13-8(15)9(16)14-10/h2-4H,5H2,1H3,(H2,12,13,14,15,16). The van der Waals surface area contributed by atoms with E-state index >= 15 is 0 Å². The number of carbonyl (C=O) groups is 2. The summed E-state index contributed by atoms with van der Waals surface area (Å²) in [5.74, 6) is -1.17. The highest BCUT2D eigenvalue weighted by atomic mass is 16.2. The Hall–Kier alpha value is -2.24. The molecule has 1 saturated heterocycles. The fraction of sp³-hybridized carbons (Fsp3) is 0.200. The monoisotopic (exact) mass is 218 g/mol. The molecule has 2 N–H and O–H groups in total. The van der Waals surface area contributed by atoms with Crippen molar-refractivity contribution >= 4 is 17.8 Å². The third-order valence-corrected chi connectivity index (χ3v) is 2.06. The highest BCUT2D eigenvalue weighted by Gasteiger charge is 2.24. The van der Waals surface area contributed by atoms with E-state index in [1.807, 2.05) is 19.1 Å². The van der Waals surface area contributed by atoms with E-state index in [2.05, 4.69) is 20.6 Å². The number of guanidine groups is 1. The third-order valence-electron chi connectivity index (χ3n) is 2.06. The van der Waals surface area contributed by atoms with Crippen LogP contribution >= 0.6 is 0 Å². The lowest BCUT2D eigenvalue weighted by molar-refractivity contribution is -0.135. The molecule has 0 bridgehead atoms. The molecule has 0 atom stereocenters. The number of pyridine rings is 1. The van der Waals surface area contributed by atoms with Crippen LogP contribution in [-0.4, -0.2) is 22.8 Å². The molecular formula is C10H10N4O2. The van der Waals surface area contributed by atoms with Crippen molar-refractivity contribution in [1.29, 1.82) is 0 Å². The molecule has 2 heterocycles. The molecule has 6 heteroatoms. The van der Waals surface area contributed by atoms with Crippen molar-refractivity contribution in [3.8, 4) is 0 Å². The molecule has 2 rings (SSSR count). The second-order valence-electron chi connectivity index (χ2n) is 3.38. The zero-order valence-electron chi connectivity index (χ0n) is 8.65. The van der Waals surface area contributed by atoms with Gasteiger partial charge in [-0.25, -0.2) is 4.99 Å². The average molecular weight is 218 g/mol. The second kappa shape index (κ2) is 4.09. The zero-order valence-corrected chi connectivity index (χ0v) is 8.65. The summed E-state index contributed by atoms with van der Waals surface area (Å²) in [6.07, 6.45) is 1.71. The van der Waals surface area contributed by atoms with Crippen molar-refractivity contribution in [2.45, 2.75) is 13.5 Å². The number of nitrogens with one attached hydrogen (secondary N) is 2. The molecule has 0 unspecified atom stereocenters. The van der Waals surface area contributed by atoms with Crippen LogP contribution in [0.5, 0.6) is 0 Å². The van der Waals surface area contributed by atoms with E-state index in [1.54, 1.807) is 6.20 Å². The van der Waals surface area contributed by atoms with Gasteiger partial charge in [0.2, 0.25) is 5.96 Å². The van der Waals surface area contributed by atoms with E-state index in [0.717, 1.165) is 11.3 Å². The van der Waals surface area contributed by atoms with Gasteiger partial charge in [0.1, 0.15) is 0 Å². The first kappa shape index (κ1) is 10.3. The lowest BCUT2D eigenvalue weighted by Crippen LogP contribution is -2.25. The minimum absolute atomic E-state index is 0.190. The number of aryl methyl sites for hydroxylation is 1. The molecule has 0 radical (unpaired) electrons. The molecule has 1 aliphatic rings. The molecule has 2 amide bonds. The van der Waals surface area contributed by atoms with E-state index in [9.17, 15) is 9.59 Å². The van der Waals surface area contributed by atoms with E-state index in [-0.39, 0.29) is 5.96 Å². The van der Waals surface area contributed by atoms with Gasteiger partial charge in [0.15, 0.2) is 0 Å². The Morgan fingerprint density at radius 1 is 1.25 bits per heavy atom. The quantitative estimate of drug-likeness (QED) is 0.656. The number of aliphatic imine (C=N–C) groups is 1. The largest absolute Gasteiger partial charge is 0.316 e. The minimum atomic E-state index is -0.680. The van der Waals surface area contributed by atoms with Crippen molar-refractivity contribution in [2.24, 2.45) is 4.99 Å². The first-order valence-corrected chi connectivity index (χ1v) is 4.73. The number of hydrogen-bond acceptors (Lipinski definition) is 4. The van der Waals surface area contributed by atoms with Gasteiger partial charge in [-0.1, -0.05) is 6.07 Å². The Kier molecular flexibility index (Phi) is 2.63. The zero-order chi connectivity index (χ0) is 11.5. The fourth-order valence-corrected chi connectivity index (χ4v) is 1.20. The summed E-state index contributed by atoms with van der Waals surface area (Å²) in [5, 5.41) is 4.63. The fourth-order valence-electron chi connectivity index (χ4n) is 1.20. The topological polar surface area (TPSA) is 83.5 Å². The summed E-state index contributed by atoms with van der Waals surface area (Å²) in [7, 11) is 0. The average Bonchev–Trinajstić information content (AvgIpc) is 2.58. The van der Waals surface area contributed by atoms with Gasteiger partial charge in [0.25, 0.3) is 0 Å². The molecule has 0 spiro atoms. The molecule has 0 saturated carbocycles. The minimum Gasteiger partial charge on any atom is -0.288 e. The van der Waals surface area contributed by atoms with Crippen LogP contribution < -0.4 is 10.6 Å². The van der Waals surface area contributed by atoms with Crippen molar-refractivity contribution in [2.75, 3.05) is 0 Å². The number of carbonyl (C=O) groups excluding carboxylic acids is 2. The molecule has 0 aliphatic carbocycles. The Balaban J connectivity index is 2.02. The van der Waals surface area contributed by atoms with Crippen LogP contribution in [0.2, 0.25) is 0 Å². The van der Waals surface area contributed by atoms with E-state index < -0.39 is 11.8 Å². The van der Waals surface area contributed by atoms with E-state index in [1.165, 1.54) is 0 Å². The lowest BCUT2D eigenvalue weighted by atomic mass is 10.2. The van der Waals surface area contributed by atoms with Crippen molar-refractivity contribution in [1.82, 2.24) is 15.6 Å². The highest BCUT2D eigenvalue weighted by Crippen LogP contribution is 2.01. The number of amides is 2. The molecule has 82 valence electrons. The Bertz CT molecular complexity index is 446. The summed E-state index contributed by atoms with van der Waals surface area (Å²) in [4.78, 5) is 29.8. The number of hydrogen-bond donors (Lipinski definition) is 2. The SMILES string of the molecule is Cc1ccc(CN=C2NC(=O)C(=O)N2)cn1. The Morgan fingerprint density at radius 3 is 2.50 bits per heavy atom. The maximum absolute atomic E-state index is 10.8. The maximum atomic E-state index is 10.8. The van der Waals surface area contributed by atoms with Crippen LogP contribution in [0.3, 0.4) is 0 Å². The molecule has 0 aromatic carbocycles. The van der Waals surface area contributed by atoms with Crippen LogP contribution in [0.25, 0.3) is 0 Å². The molecule has 1 aromatic rings. The van der Waals surface area contributed by atoms with Crippen LogP contribution in [0.15, 0.2) is 23.3 Å². The van der Waals surface area contributed by atoms with Gasteiger partial charge in [0.05, 0.1) is 6.54 Å². The first-order chi connectivity index (χ1) is 7.65. The molecule has 1 aliphatic heterocycles. The van der Waals surface area contributed by atoms with Crippen LogP contribution in [0.1, 0.15) is 11.3 Å². The van der Waals surface area contributed by atoms with Gasteiger partial charge < -0.3 is 0 Å². The van der Waals surface area contributed by atoms with Crippen molar-refractivity contribution in [3.05, 3.63) is 29.6 Å². The Labute approximate surface area is 91.8 Å². The number of rotatable bonds is 2. The summed E-state index contributed by atoms with van der Waals surface area (Å²) in [6.45, 7) is 2.26. The second-order valence-corrected chi connectivity index (χ2v) is 3.38. The van der Waals surface area contributed by atoms with Gasteiger partial charge >= 0.3 is 11.8 Å². The van der Waals surface area contributed by atoms with Crippen molar-refractivity contribution in [3.63, 3.8) is 0 Å². The number of nitrogens with zero attached hydrogens (tertiary/aromatic N) is 2. The van der Waals surface area contributed by atoms with Crippen LogP contribution in [-0.2, 0) is 16.1 Å². The summed E-state index contributed by atoms with van der Waals surface area (Å²) < 4.78 is 0. The predicted octanol–water partition coefficient (Wildman–Crippen LogP) is -0.508. The molecular weight excluding hydrogens is 208 g/mol. The summed E-state index contributed by atoms with van der Waals surface area (Å²) in [5.41, 5.74) is 1.84. The van der Waals surface area contributed by atoms with E-state index in [4.69, 9.17) is 0 Å². The van der Waals surface area contributed by atoms with Gasteiger partial charge in [-0.2, -0.15) is 0 Å². The maximum Gasteiger partial charge on any atom is 0.316 e. The molecule has 1 aromatic heterocycles. The summed E-state index contributed by atoms with van der Waals surface area (Å²) >= 11 is 0. The van der Waals surface area contributed by atoms with Crippen LogP contribution in [0, 0.1) is 6.92 Å². The highest BCUT2D eigenvalue weighted by molar-refractivity contribution is 6.45.